The molecule has 0 bridgehead atoms. The zero-order valence-electron chi connectivity index (χ0n) is 14.7. The van der Waals surface area contributed by atoms with Gasteiger partial charge < -0.3 is 19.9 Å². The number of nitrogens with zero attached hydrogens (tertiary/aromatic N) is 2. The van der Waals surface area contributed by atoms with E-state index in [1.807, 2.05) is 0 Å². The van der Waals surface area contributed by atoms with E-state index in [2.05, 4.69) is 11.9 Å². The molecule has 0 aliphatic carbocycles. The van der Waals surface area contributed by atoms with Crippen LogP contribution in [0.25, 0.3) is 0 Å². The Balaban J connectivity index is 2.59. The van der Waals surface area contributed by atoms with E-state index < -0.39 is 23.9 Å². The second-order valence-corrected chi connectivity index (χ2v) is 6.81. The van der Waals surface area contributed by atoms with Crippen LogP contribution >= 0.6 is 0 Å². The molecule has 24 heavy (non-hydrogen) atoms. The highest BCUT2D eigenvalue weighted by molar-refractivity contribution is 5.90. The van der Waals surface area contributed by atoms with Gasteiger partial charge in [-0.2, -0.15) is 0 Å². The van der Waals surface area contributed by atoms with E-state index >= 15 is 0 Å². The summed E-state index contributed by atoms with van der Waals surface area (Å²) in [7, 11) is 1.47. The summed E-state index contributed by atoms with van der Waals surface area (Å²) in [6, 6.07) is -0.466. The Kier molecular flexibility index (Phi) is 6.74. The van der Waals surface area contributed by atoms with Crippen molar-refractivity contribution in [3.63, 3.8) is 0 Å². The fourth-order valence-corrected chi connectivity index (χ4v) is 2.40. The Morgan fingerprint density at radius 2 is 2.04 bits per heavy atom. The van der Waals surface area contributed by atoms with E-state index in [0.29, 0.717) is 0 Å². The summed E-state index contributed by atoms with van der Waals surface area (Å²) in [5.41, 5.74) is -0.633. The number of amides is 3. The maximum atomic E-state index is 13.7. The zero-order valence-corrected chi connectivity index (χ0v) is 14.7. The number of carbonyl (C=O) groups excluding carboxylic acids is 3. The van der Waals surface area contributed by atoms with Gasteiger partial charge in [-0.15, -0.1) is 0 Å². The van der Waals surface area contributed by atoms with Crippen molar-refractivity contribution >= 4 is 17.9 Å². The number of ether oxygens (including phenoxy) is 1. The lowest BCUT2D eigenvalue weighted by Gasteiger charge is -2.27. The largest absolute Gasteiger partial charge is 0.444 e. The fraction of sp³-hybridized carbons (Fsp3) is 0.688. The van der Waals surface area contributed by atoms with E-state index in [9.17, 15) is 18.8 Å². The minimum Gasteiger partial charge on any atom is -0.444 e. The normalized spacial score (nSPS) is 20.5. The van der Waals surface area contributed by atoms with Gasteiger partial charge in [0.25, 0.3) is 0 Å². The first-order valence-electron chi connectivity index (χ1n) is 7.81. The third kappa shape index (κ3) is 6.17. The summed E-state index contributed by atoms with van der Waals surface area (Å²) in [5.74, 6) is -0.758. The molecule has 136 valence electrons. The second-order valence-electron chi connectivity index (χ2n) is 6.81. The van der Waals surface area contributed by atoms with Crippen LogP contribution in [0.5, 0.6) is 0 Å². The van der Waals surface area contributed by atoms with Crippen LogP contribution in [0.3, 0.4) is 0 Å². The van der Waals surface area contributed by atoms with Crippen molar-refractivity contribution in [3.05, 3.63) is 12.7 Å². The number of nitrogens with one attached hydrogen (secondary N) is 1. The van der Waals surface area contributed by atoms with Gasteiger partial charge in [-0.1, -0.05) is 6.58 Å². The molecular formula is C16H26FN3O4. The van der Waals surface area contributed by atoms with Crippen molar-refractivity contribution < 1.29 is 23.5 Å². The van der Waals surface area contributed by atoms with E-state index in [1.54, 1.807) is 20.8 Å². The lowest BCUT2D eigenvalue weighted by Crippen LogP contribution is -2.47. The van der Waals surface area contributed by atoms with Crippen LogP contribution in [0.2, 0.25) is 0 Å². The van der Waals surface area contributed by atoms with E-state index in [1.165, 1.54) is 16.8 Å². The van der Waals surface area contributed by atoms with Gasteiger partial charge in [0.1, 0.15) is 11.8 Å². The number of likely N-dealkylation sites (N-methyl/N-ethyl adjacent to an activating group) is 1. The third-order valence-corrected chi connectivity index (χ3v) is 3.49. The van der Waals surface area contributed by atoms with Crippen LogP contribution in [0.15, 0.2) is 12.7 Å². The highest BCUT2D eigenvalue weighted by Gasteiger charge is 2.36. The molecule has 1 aliphatic heterocycles. The van der Waals surface area contributed by atoms with Crippen molar-refractivity contribution in [3.8, 4) is 0 Å². The molecule has 1 fully saturated rings. The lowest BCUT2D eigenvalue weighted by atomic mass is 10.2. The minimum atomic E-state index is -1.15. The number of alkyl carbamates (subject to hydrolysis) is 1. The highest BCUT2D eigenvalue weighted by Crippen LogP contribution is 2.20. The predicted molar refractivity (Wildman–Crippen MR) is 87.1 cm³/mol. The highest BCUT2D eigenvalue weighted by atomic mass is 19.1. The molecule has 0 aromatic heterocycles. The molecule has 0 saturated carbocycles. The van der Waals surface area contributed by atoms with Crippen molar-refractivity contribution in [1.82, 2.24) is 15.1 Å². The number of carbonyl (C=O) groups is 3. The van der Waals surface area contributed by atoms with E-state index in [0.717, 1.165) is 6.08 Å². The molecule has 1 aliphatic rings. The molecule has 1 N–H and O–H groups in total. The monoisotopic (exact) mass is 343 g/mol. The standard InChI is InChI=1S/C16H26FN3O4/c1-6-13(21)19(5)10-14(22)20-9-11(17)7-12(20)8-18-15(23)24-16(2,3)4/h6,11-12H,1,7-10H2,2-5H3,(H,18,23)/t11-,12-/m0/s1. The van der Waals surface area contributed by atoms with Gasteiger partial charge in [-0.25, -0.2) is 9.18 Å². The molecule has 1 saturated heterocycles. The van der Waals surface area contributed by atoms with E-state index in [4.69, 9.17) is 4.74 Å². The molecule has 0 aromatic carbocycles. The van der Waals surface area contributed by atoms with Crippen LogP contribution in [-0.4, -0.2) is 72.2 Å². The maximum Gasteiger partial charge on any atom is 0.407 e. The van der Waals surface area contributed by atoms with Gasteiger partial charge in [0.2, 0.25) is 11.8 Å². The number of rotatable bonds is 5. The molecule has 0 unspecified atom stereocenters. The van der Waals surface area contributed by atoms with Crippen LogP contribution in [0.4, 0.5) is 9.18 Å². The Morgan fingerprint density at radius 1 is 1.42 bits per heavy atom. The van der Waals surface area contributed by atoms with Gasteiger partial charge in [-0.05, 0) is 26.8 Å². The maximum absolute atomic E-state index is 13.7. The topological polar surface area (TPSA) is 79.0 Å². The number of hydrogen-bond donors (Lipinski definition) is 1. The van der Waals surface area contributed by atoms with Gasteiger partial charge >= 0.3 is 6.09 Å². The molecule has 0 spiro atoms. The Morgan fingerprint density at radius 3 is 2.58 bits per heavy atom. The van der Waals surface area contributed by atoms with Crippen molar-refractivity contribution in [2.45, 2.75) is 45.0 Å². The lowest BCUT2D eigenvalue weighted by molar-refractivity contribution is -0.137. The van der Waals surface area contributed by atoms with E-state index in [-0.39, 0.29) is 37.9 Å². The SMILES string of the molecule is C=CC(=O)N(C)CC(=O)N1C[C@@H](F)C[C@H]1CNC(=O)OC(C)(C)C. The van der Waals surface area contributed by atoms with Gasteiger partial charge in [0.15, 0.2) is 0 Å². The minimum absolute atomic E-state index is 0.0460. The Labute approximate surface area is 141 Å². The van der Waals surface area contributed by atoms with Crippen LogP contribution < -0.4 is 5.32 Å². The van der Waals surface area contributed by atoms with Gasteiger partial charge in [0.05, 0.1) is 19.1 Å². The molecule has 1 rings (SSSR count). The first kappa shape index (κ1) is 19.9. The summed E-state index contributed by atoms with van der Waals surface area (Å²) < 4.78 is 18.8. The summed E-state index contributed by atoms with van der Waals surface area (Å²) >= 11 is 0. The second kappa shape index (κ2) is 8.12. The fourth-order valence-electron chi connectivity index (χ4n) is 2.40. The number of hydrogen-bond acceptors (Lipinski definition) is 4. The van der Waals surface area contributed by atoms with Crippen molar-refractivity contribution in [2.75, 3.05) is 26.7 Å². The molecule has 2 atom stereocenters. The third-order valence-electron chi connectivity index (χ3n) is 3.49. The van der Waals surface area contributed by atoms with Crippen LogP contribution in [0, 0.1) is 0 Å². The van der Waals surface area contributed by atoms with Gasteiger partial charge in [0, 0.05) is 20.0 Å². The first-order valence-corrected chi connectivity index (χ1v) is 7.81. The molecule has 1 heterocycles. The molecule has 0 radical (unpaired) electrons. The predicted octanol–water partition coefficient (Wildman–Crippen LogP) is 1.09. The number of likely N-dealkylation sites (tertiary alicyclic amines) is 1. The molecular weight excluding hydrogens is 317 g/mol. The van der Waals surface area contributed by atoms with Crippen LogP contribution in [0.1, 0.15) is 27.2 Å². The zero-order chi connectivity index (χ0) is 18.5. The van der Waals surface area contributed by atoms with Gasteiger partial charge in [-0.3, -0.25) is 9.59 Å². The Bertz CT molecular complexity index is 504. The van der Waals surface area contributed by atoms with Crippen molar-refractivity contribution in [1.29, 1.82) is 0 Å². The summed E-state index contributed by atoms with van der Waals surface area (Å²) in [6.07, 6.45) is -0.520. The molecule has 3 amide bonds. The average Bonchev–Trinajstić information content (AvgIpc) is 2.83. The Hall–Kier alpha value is -2.12. The molecule has 7 nitrogen and oxygen atoms in total. The average molecular weight is 343 g/mol. The molecule has 0 aromatic rings. The summed E-state index contributed by atoms with van der Waals surface area (Å²) in [5, 5.41) is 2.56. The number of halogens is 1. The smallest absolute Gasteiger partial charge is 0.407 e. The first-order chi connectivity index (χ1) is 11.0. The van der Waals surface area contributed by atoms with Crippen molar-refractivity contribution in [2.24, 2.45) is 0 Å². The van der Waals surface area contributed by atoms with Crippen LogP contribution in [-0.2, 0) is 14.3 Å². The quantitative estimate of drug-likeness (QED) is 0.758. The summed E-state index contributed by atoms with van der Waals surface area (Å²) in [4.78, 5) is 38.0. The molecule has 8 heteroatoms. The number of alkyl halides is 1. The summed E-state index contributed by atoms with van der Waals surface area (Å²) in [6.45, 7) is 8.45.